The van der Waals surface area contributed by atoms with Gasteiger partial charge in [0.1, 0.15) is 12.3 Å². The first-order valence-electron chi connectivity index (χ1n) is 6.08. The van der Waals surface area contributed by atoms with E-state index in [4.69, 9.17) is 5.11 Å². The van der Waals surface area contributed by atoms with Crippen LogP contribution >= 0.6 is 0 Å². The minimum atomic E-state index is -0.234. The van der Waals surface area contributed by atoms with Gasteiger partial charge in [0.25, 0.3) is 5.91 Å². The number of aliphatic hydroxyl groups is 1. The van der Waals surface area contributed by atoms with Gasteiger partial charge in [0.05, 0.1) is 5.56 Å². The van der Waals surface area contributed by atoms with E-state index in [9.17, 15) is 4.79 Å². The van der Waals surface area contributed by atoms with Gasteiger partial charge in [-0.15, -0.1) is 0 Å². The summed E-state index contributed by atoms with van der Waals surface area (Å²) in [4.78, 5) is 16.1. The number of hydrogen-bond donors (Lipinski definition) is 2. The molecule has 1 aromatic rings. The molecule has 1 rings (SSSR count). The lowest BCUT2D eigenvalue weighted by molar-refractivity contribution is 0.0929. The van der Waals surface area contributed by atoms with E-state index < -0.39 is 0 Å². The van der Waals surface area contributed by atoms with Crippen LogP contribution in [-0.2, 0) is 0 Å². The number of aromatic nitrogens is 1. The minimum Gasteiger partial charge on any atom is -0.384 e. The van der Waals surface area contributed by atoms with Gasteiger partial charge in [-0.1, -0.05) is 25.7 Å². The molecule has 2 N–H and O–H groups in total. The lowest BCUT2D eigenvalue weighted by atomic mass is 10.1. The Kier molecular flexibility index (Phi) is 5.89. The van der Waals surface area contributed by atoms with E-state index in [2.05, 4.69) is 22.1 Å². The van der Waals surface area contributed by atoms with E-state index in [1.54, 1.807) is 18.3 Å². The second kappa shape index (κ2) is 7.46. The average molecular weight is 246 g/mol. The van der Waals surface area contributed by atoms with Crippen LogP contribution in [0.3, 0.4) is 0 Å². The number of amides is 1. The second-order valence-electron chi connectivity index (χ2n) is 3.85. The van der Waals surface area contributed by atoms with E-state index in [1.807, 2.05) is 13.8 Å². The molecule has 0 atom stereocenters. The molecule has 0 fully saturated rings. The van der Waals surface area contributed by atoms with Crippen molar-refractivity contribution in [3.63, 3.8) is 0 Å². The third-order valence-corrected chi connectivity index (χ3v) is 2.65. The van der Waals surface area contributed by atoms with Crippen LogP contribution in [-0.4, -0.2) is 28.6 Å². The Morgan fingerprint density at radius 2 is 2.22 bits per heavy atom. The van der Waals surface area contributed by atoms with Crippen molar-refractivity contribution in [3.05, 3.63) is 29.6 Å². The third-order valence-electron chi connectivity index (χ3n) is 2.65. The summed E-state index contributed by atoms with van der Waals surface area (Å²) in [5, 5.41) is 11.6. The van der Waals surface area contributed by atoms with Crippen LogP contribution in [0.4, 0.5) is 0 Å². The first kappa shape index (κ1) is 14.2. The monoisotopic (exact) mass is 246 g/mol. The molecule has 0 saturated carbocycles. The standard InChI is InChI=1S/C14H18N2O2/c1-3-12(4-2)16-14(18)13-11(8-6-10-17)7-5-9-15-13/h5,7,9,12,17H,3-4,10H2,1-2H3,(H,16,18). The van der Waals surface area contributed by atoms with Crippen LogP contribution in [0.1, 0.15) is 42.7 Å². The summed E-state index contributed by atoms with van der Waals surface area (Å²) in [6.07, 6.45) is 3.32. The molecule has 4 nitrogen and oxygen atoms in total. The number of nitrogens with zero attached hydrogens (tertiary/aromatic N) is 1. The largest absolute Gasteiger partial charge is 0.384 e. The van der Waals surface area contributed by atoms with Crippen LogP contribution in [0.2, 0.25) is 0 Å². The maximum absolute atomic E-state index is 12.1. The van der Waals surface area contributed by atoms with Gasteiger partial charge in [-0.25, -0.2) is 4.98 Å². The highest BCUT2D eigenvalue weighted by molar-refractivity contribution is 5.94. The van der Waals surface area contributed by atoms with Gasteiger partial charge in [0.2, 0.25) is 0 Å². The highest BCUT2D eigenvalue weighted by Gasteiger charge is 2.14. The Morgan fingerprint density at radius 3 is 2.83 bits per heavy atom. The van der Waals surface area contributed by atoms with Crippen LogP contribution in [0.25, 0.3) is 0 Å². The van der Waals surface area contributed by atoms with Crippen LogP contribution in [0.5, 0.6) is 0 Å². The van der Waals surface area contributed by atoms with Crippen molar-refractivity contribution in [2.45, 2.75) is 32.7 Å². The first-order valence-corrected chi connectivity index (χ1v) is 6.08. The molecule has 0 radical (unpaired) electrons. The highest BCUT2D eigenvalue weighted by atomic mass is 16.2. The zero-order valence-corrected chi connectivity index (χ0v) is 10.7. The third kappa shape index (κ3) is 3.86. The number of hydrogen-bond acceptors (Lipinski definition) is 3. The summed E-state index contributed by atoms with van der Waals surface area (Å²) in [5.41, 5.74) is 0.848. The predicted molar refractivity (Wildman–Crippen MR) is 70.0 cm³/mol. The molecule has 0 aliphatic heterocycles. The molecule has 18 heavy (non-hydrogen) atoms. The van der Waals surface area contributed by atoms with Gasteiger partial charge in [0, 0.05) is 12.2 Å². The summed E-state index contributed by atoms with van der Waals surface area (Å²) in [6.45, 7) is 3.82. The van der Waals surface area contributed by atoms with Crippen molar-refractivity contribution >= 4 is 5.91 Å². The fourth-order valence-electron chi connectivity index (χ4n) is 1.57. The Hall–Kier alpha value is -1.86. The molecular weight excluding hydrogens is 228 g/mol. The van der Waals surface area contributed by atoms with Gasteiger partial charge in [0.15, 0.2) is 0 Å². The van der Waals surface area contributed by atoms with Crippen molar-refractivity contribution in [2.75, 3.05) is 6.61 Å². The van der Waals surface area contributed by atoms with Crippen LogP contribution in [0.15, 0.2) is 18.3 Å². The normalized spacial score (nSPS) is 9.78. The van der Waals surface area contributed by atoms with Gasteiger partial charge < -0.3 is 10.4 Å². The van der Waals surface area contributed by atoms with E-state index in [1.165, 1.54) is 0 Å². The molecule has 4 heteroatoms. The summed E-state index contributed by atoms with van der Waals surface area (Å²) in [7, 11) is 0. The summed E-state index contributed by atoms with van der Waals surface area (Å²) in [5.74, 6) is 5.04. The van der Waals surface area contributed by atoms with Gasteiger partial charge in [-0.3, -0.25) is 4.79 Å². The molecule has 1 aromatic heterocycles. The molecular formula is C14H18N2O2. The van der Waals surface area contributed by atoms with Gasteiger partial charge in [-0.05, 0) is 25.0 Å². The number of pyridine rings is 1. The number of rotatable bonds is 4. The fraction of sp³-hybridized carbons (Fsp3) is 0.429. The smallest absolute Gasteiger partial charge is 0.271 e. The Labute approximate surface area is 107 Å². The SMILES string of the molecule is CCC(CC)NC(=O)c1ncccc1C#CCO. The summed E-state index contributed by atoms with van der Waals surface area (Å²) in [6, 6.07) is 3.59. The molecule has 0 aliphatic rings. The summed E-state index contributed by atoms with van der Waals surface area (Å²) >= 11 is 0. The summed E-state index contributed by atoms with van der Waals surface area (Å²) < 4.78 is 0. The zero-order chi connectivity index (χ0) is 13.4. The number of aliphatic hydroxyl groups excluding tert-OH is 1. The molecule has 0 aliphatic carbocycles. The Bertz CT molecular complexity index is 456. The highest BCUT2D eigenvalue weighted by Crippen LogP contribution is 2.05. The molecule has 96 valence electrons. The van der Waals surface area contributed by atoms with Gasteiger partial charge >= 0.3 is 0 Å². The second-order valence-corrected chi connectivity index (χ2v) is 3.85. The number of carbonyl (C=O) groups excluding carboxylic acids is 1. The predicted octanol–water partition coefficient (Wildman–Crippen LogP) is 1.34. The minimum absolute atomic E-state index is 0.151. The van der Waals surface area contributed by atoms with Gasteiger partial charge in [-0.2, -0.15) is 0 Å². The quantitative estimate of drug-likeness (QED) is 0.788. The fourth-order valence-corrected chi connectivity index (χ4v) is 1.57. The maximum Gasteiger partial charge on any atom is 0.271 e. The lowest BCUT2D eigenvalue weighted by Gasteiger charge is -2.14. The van der Waals surface area contributed by atoms with Crippen molar-refractivity contribution in [3.8, 4) is 11.8 Å². The lowest BCUT2D eigenvalue weighted by Crippen LogP contribution is -2.34. The zero-order valence-electron chi connectivity index (χ0n) is 10.7. The first-order chi connectivity index (χ1) is 8.72. The average Bonchev–Trinajstić information content (AvgIpc) is 2.42. The van der Waals surface area contributed by atoms with E-state index in [0.29, 0.717) is 11.3 Å². The molecule has 0 unspecified atom stereocenters. The molecule has 0 saturated heterocycles. The molecule has 0 spiro atoms. The van der Waals surface area contributed by atoms with E-state index in [0.717, 1.165) is 12.8 Å². The number of nitrogens with one attached hydrogen (secondary N) is 1. The molecule has 0 aromatic carbocycles. The van der Waals surface area contributed by atoms with E-state index in [-0.39, 0.29) is 18.6 Å². The number of carbonyl (C=O) groups is 1. The van der Waals surface area contributed by atoms with Crippen LogP contribution in [0, 0.1) is 11.8 Å². The maximum atomic E-state index is 12.1. The van der Waals surface area contributed by atoms with Crippen LogP contribution < -0.4 is 5.32 Å². The van der Waals surface area contributed by atoms with Crippen molar-refractivity contribution < 1.29 is 9.90 Å². The van der Waals surface area contributed by atoms with Crippen molar-refractivity contribution in [1.29, 1.82) is 0 Å². The Balaban J connectivity index is 2.91. The molecule has 1 amide bonds. The molecule has 0 bridgehead atoms. The topological polar surface area (TPSA) is 62.2 Å². The van der Waals surface area contributed by atoms with Crippen molar-refractivity contribution in [2.24, 2.45) is 0 Å². The van der Waals surface area contributed by atoms with E-state index >= 15 is 0 Å². The molecule has 1 heterocycles. The Morgan fingerprint density at radius 1 is 1.50 bits per heavy atom. The van der Waals surface area contributed by atoms with Crippen molar-refractivity contribution in [1.82, 2.24) is 10.3 Å².